The Bertz CT molecular complexity index is 756. The zero-order valence-electron chi connectivity index (χ0n) is 17.5. The summed E-state index contributed by atoms with van der Waals surface area (Å²) in [6.45, 7) is 11.5. The molecule has 0 fully saturated rings. The van der Waals surface area contributed by atoms with E-state index in [-0.39, 0.29) is 18.1 Å². The molecule has 0 heterocycles. The normalized spacial score (nSPS) is 11.9. The molecule has 2 aromatic rings. The van der Waals surface area contributed by atoms with Gasteiger partial charge < -0.3 is 19.5 Å². The quantitative estimate of drug-likeness (QED) is 0.632. The van der Waals surface area contributed by atoms with Crippen LogP contribution < -0.4 is 14.8 Å². The number of hydrogen-bond donors (Lipinski definition) is 1. The third kappa shape index (κ3) is 6.27. The summed E-state index contributed by atoms with van der Waals surface area (Å²) < 4.78 is 16.9. The highest BCUT2D eigenvalue weighted by Crippen LogP contribution is 2.30. The summed E-state index contributed by atoms with van der Waals surface area (Å²) in [7, 11) is 0. The molecule has 1 atom stereocenters. The number of rotatable bonds is 10. The Kier molecular flexibility index (Phi) is 8.33. The average Bonchev–Trinajstić information content (AvgIpc) is 2.68. The summed E-state index contributed by atoms with van der Waals surface area (Å²) in [4.78, 5) is 12.6. The van der Waals surface area contributed by atoms with E-state index >= 15 is 0 Å². The van der Waals surface area contributed by atoms with Crippen molar-refractivity contribution in [2.45, 2.75) is 53.4 Å². The van der Waals surface area contributed by atoms with Crippen LogP contribution in [0.2, 0.25) is 0 Å². The predicted octanol–water partition coefficient (Wildman–Crippen LogP) is 4.90. The highest BCUT2D eigenvalue weighted by molar-refractivity contribution is 5.94. The highest BCUT2D eigenvalue weighted by atomic mass is 16.5. The summed E-state index contributed by atoms with van der Waals surface area (Å²) >= 11 is 0. The lowest BCUT2D eigenvalue weighted by Gasteiger charge is -2.18. The Morgan fingerprint density at radius 2 is 1.57 bits per heavy atom. The number of hydrogen-bond acceptors (Lipinski definition) is 4. The SMILES string of the molecule is CCOc1ccc([C@@H](C)NC(=O)c2ccc(COC(C)C)cc2)cc1OCC. The summed E-state index contributed by atoms with van der Waals surface area (Å²) in [6.07, 6.45) is 0.180. The van der Waals surface area contributed by atoms with E-state index in [0.29, 0.717) is 36.9 Å². The molecule has 2 aromatic carbocycles. The molecule has 5 heteroatoms. The molecule has 0 aliphatic carbocycles. The minimum absolute atomic E-state index is 0.115. The van der Waals surface area contributed by atoms with Gasteiger partial charge in [-0.05, 0) is 70.0 Å². The number of carbonyl (C=O) groups is 1. The second-order valence-corrected chi connectivity index (χ2v) is 6.82. The number of nitrogens with one attached hydrogen (secondary N) is 1. The molecule has 152 valence electrons. The lowest BCUT2D eigenvalue weighted by atomic mass is 10.1. The van der Waals surface area contributed by atoms with Gasteiger partial charge in [0.25, 0.3) is 5.91 Å². The minimum Gasteiger partial charge on any atom is -0.490 e. The molecule has 0 bridgehead atoms. The van der Waals surface area contributed by atoms with Crippen molar-refractivity contribution < 1.29 is 19.0 Å². The van der Waals surface area contributed by atoms with Crippen LogP contribution in [-0.2, 0) is 11.3 Å². The van der Waals surface area contributed by atoms with Crippen molar-refractivity contribution in [3.05, 3.63) is 59.2 Å². The molecule has 5 nitrogen and oxygen atoms in total. The monoisotopic (exact) mass is 385 g/mol. The highest BCUT2D eigenvalue weighted by Gasteiger charge is 2.14. The van der Waals surface area contributed by atoms with E-state index in [1.54, 1.807) is 0 Å². The molecule has 0 unspecified atom stereocenters. The van der Waals surface area contributed by atoms with Gasteiger partial charge in [0.2, 0.25) is 0 Å². The fourth-order valence-electron chi connectivity index (χ4n) is 2.72. The van der Waals surface area contributed by atoms with Crippen LogP contribution in [0.5, 0.6) is 11.5 Å². The summed E-state index contributed by atoms with van der Waals surface area (Å²) in [6, 6.07) is 13.1. The molecule has 0 saturated carbocycles. The molecular formula is C23H31NO4. The smallest absolute Gasteiger partial charge is 0.251 e. The molecule has 1 amide bonds. The van der Waals surface area contributed by atoms with Gasteiger partial charge >= 0.3 is 0 Å². The van der Waals surface area contributed by atoms with Gasteiger partial charge in [-0.3, -0.25) is 4.79 Å². The molecule has 0 aliphatic heterocycles. The van der Waals surface area contributed by atoms with Crippen LogP contribution in [0.3, 0.4) is 0 Å². The molecule has 0 aromatic heterocycles. The first kappa shape index (κ1) is 21.8. The first-order valence-corrected chi connectivity index (χ1v) is 9.85. The lowest BCUT2D eigenvalue weighted by molar-refractivity contribution is 0.0656. The maximum atomic E-state index is 12.6. The van der Waals surface area contributed by atoms with E-state index in [0.717, 1.165) is 11.1 Å². The standard InChI is InChI=1S/C23H31NO4/c1-6-26-21-13-12-20(14-22(21)27-7-2)17(5)24-23(25)19-10-8-18(9-11-19)15-28-16(3)4/h8-14,16-17H,6-7,15H2,1-5H3,(H,24,25)/t17-/m1/s1. The minimum atomic E-state index is -0.161. The van der Waals surface area contributed by atoms with Crippen LogP contribution in [0.1, 0.15) is 62.1 Å². The number of ether oxygens (including phenoxy) is 3. The fourth-order valence-corrected chi connectivity index (χ4v) is 2.72. The molecule has 2 rings (SSSR count). The Labute approximate surface area is 168 Å². The Morgan fingerprint density at radius 1 is 0.929 bits per heavy atom. The van der Waals surface area contributed by atoms with Crippen molar-refractivity contribution in [2.75, 3.05) is 13.2 Å². The number of benzene rings is 2. The fraction of sp³-hybridized carbons (Fsp3) is 0.435. The van der Waals surface area contributed by atoms with Gasteiger partial charge in [-0.15, -0.1) is 0 Å². The van der Waals surface area contributed by atoms with Crippen molar-refractivity contribution in [2.24, 2.45) is 0 Å². The van der Waals surface area contributed by atoms with Gasteiger partial charge in [0.05, 0.1) is 32.0 Å². The van der Waals surface area contributed by atoms with E-state index in [4.69, 9.17) is 14.2 Å². The molecule has 0 radical (unpaired) electrons. The summed E-state index contributed by atoms with van der Waals surface area (Å²) in [5, 5.41) is 3.04. The van der Waals surface area contributed by atoms with E-state index in [9.17, 15) is 4.79 Å². The van der Waals surface area contributed by atoms with Crippen LogP contribution in [0.4, 0.5) is 0 Å². The lowest BCUT2D eigenvalue weighted by Crippen LogP contribution is -2.26. The van der Waals surface area contributed by atoms with E-state index in [2.05, 4.69) is 5.32 Å². The summed E-state index contributed by atoms with van der Waals surface area (Å²) in [5.74, 6) is 1.29. The van der Waals surface area contributed by atoms with E-state index < -0.39 is 0 Å². The van der Waals surface area contributed by atoms with Gasteiger partial charge in [-0.1, -0.05) is 18.2 Å². The summed E-state index contributed by atoms with van der Waals surface area (Å²) in [5.41, 5.74) is 2.63. The second kappa shape index (κ2) is 10.7. The maximum Gasteiger partial charge on any atom is 0.251 e. The van der Waals surface area contributed by atoms with Crippen molar-refractivity contribution in [1.29, 1.82) is 0 Å². The Hall–Kier alpha value is -2.53. The van der Waals surface area contributed by atoms with Crippen LogP contribution in [-0.4, -0.2) is 25.2 Å². The Morgan fingerprint density at radius 3 is 2.18 bits per heavy atom. The van der Waals surface area contributed by atoms with Gasteiger partial charge in [-0.2, -0.15) is 0 Å². The largest absolute Gasteiger partial charge is 0.490 e. The third-order valence-electron chi connectivity index (χ3n) is 4.21. The maximum absolute atomic E-state index is 12.6. The molecular weight excluding hydrogens is 354 g/mol. The molecule has 28 heavy (non-hydrogen) atoms. The van der Waals surface area contributed by atoms with E-state index in [1.165, 1.54) is 0 Å². The molecule has 1 N–H and O–H groups in total. The number of amides is 1. The first-order chi connectivity index (χ1) is 13.4. The van der Waals surface area contributed by atoms with Crippen LogP contribution in [0.25, 0.3) is 0 Å². The zero-order chi connectivity index (χ0) is 20.5. The van der Waals surface area contributed by atoms with Crippen molar-refractivity contribution in [3.63, 3.8) is 0 Å². The van der Waals surface area contributed by atoms with Gasteiger partial charge in [0, 0.05) is 5.56 Å². The topological polar surface area (TPSA) is 56.8 Å². The molecule has 0 saturated heterocycles. The zero-order valence-corrected chi connectivity index (χ0v) is 17.5. The first-order valence-electron chi connectivity index (χ1n) is 9.85. The molecule has 0 aliphatic rings. The van der Waals surface area contributed by atoms with Crippen LogP contribution in [0.15, 0.2) is 42.5 Å². The van der Waals surface area contributed by atoms with E-state index in [1.807, 2.05) is 77.1 Å². The van der Waals surface area contributed by atoms with Crippen LogP contribution in [0, 0.1) is 0 Å². The van der Waals surface area contributed by atoms with Gasteiger partial charge in [-0.25, -0.2) is 0 Å². The average molecular weight is 386 g/mol. The molecule has 0 spiro atoms. The van der Waals surface area contributed by atoms with Crippen molar-refractivity contribution in [1.82, 2.24) is 5.32 Å². The Balaban J connectivity index is 2.04. The van der Waals surface area contributed by atoms with Gasteiger partial charge in [0.15, 0.2) is 11.5 Å². The number of carbonyl (C=O) groups excluding carboxylic acids is 1. The van der Waals surface area contributed by atoms with Crippen molar-refractivity contribution in [3.8, 4) is 11.5 Å². The van der Waals surface area contributed by atoms with Crippen LogP contribution >= 0.6 is 0 Å². The third-order valence-corrected chi connectivity index (χ3v) is 4.21. The predicted molar refractivity (Wildman–Crippen MR) is 111 cm³/mol. The second-order valence-electron chi connectivity index (χ2n) is 6.82. The van der Waals surface area contributed by atoms with Gasteiger partial charge in [0.1, 0.15) is 0 Å². The van der Waals surface area contributed by atoms with Crippen molar-refractivity contribution >= 4 is 5.91 Å².